The van der Waals surface area contributed by atoms with E-state index in [-0.39, 0.29) is 18.3 Å². The zero-order valence-corrected chi connectivity index (χ0v) is 18.2. The van der Waals surface area contributed by atoms with E-state index in [4.69, 9.17) is 10.00 Å². The van der Waals surface area contributed by atoms with Crippen LogP contribution in [0.5, 0.6) is 0 Å². The Bertz CT molecular complexity index is 1100. The number of nitriles is 1. The van der Waals surface area contributed by atoms with Gasteiger partial charge in [-0.05, 0) is 19.4 Å². The lowest BCUT2D eigenvalue weighted by Gasteiger charge is -2.36. The number of ether oxygens (including phenoxy) is 1. The van der Waals surface area contributed by atoms with Crippen LogP contribution in [0.3, 0.4) is 0 Å². The van der Waals surface area contributed by atoms with Crippen molar-refractivity contribution in [3.63, 3.8) is 0 Å². The van der Waals surface area contributed by atoms with Gasteiger partial charge >= 0.3 is 6.09 Å². The van der Waals surface area contributed by atoms with Crippen LogP contribution in [-0.4, -0.2) is 57.0 Å². The van der Waals surface area contributed by atoms with Crippen LogP contribution in [0.4, 0.5) is 4.79 Å². The lowest BCUT2D eigenvalue weighted by Crippen LogP contribution is -2.50. The predicted octanol–water partition coefficient (Wildman–Crippen LogP) is 3.07. The number of aromatic nitrogens is 2. The van der Waals surface area contributed by atoms with Crippen molar-refractivity contribution in [3.05, 3.63) is 64.7 Å². The van der Waals surface area contributed by atoms with Crippen molar-refractivity contribution >= 4 is 18.1 Å². The van der Waals surface area contributed by atoms with Crippen LogP contribution in [-0.2, 0) is 16.1 Å². The predicted molar refractivity (Wildman–Crippen MR) is 117 cm³/mol. The summed E-state index contributed by atoms with van der Waals surface area (Å²) in [5.41, 5.74) is 2.37. The van der Waals surface area contributed by atoms with Crippen molar-refractivity contribution in [2.75, 3.05) is 19.6 Å². The Morgan fingerprint density at radius 2 is 1.97 bits per heavy atom. The number of hydrogen-bond acceptors (Lipinski definition) is 7. The first kappa shape index (κ1) is 21.7. The van der Waals surface area contributed by atoms with Gasteiger partial charge in [-0.25, -0.2) is 19.7 Å². The van der Waals surface area contributed by atoms with Gasteiger partial charge in [-0.1, -0.05) is 42.0 Å². The molecule has 3 heterocycles. The van der Waals surface area contributed by atoms with Gasteiger partial charge < -0.3 is 4.74 Å². The fourth-order valence-corrected chi connectivity index (χ4v) is 4.19. The highest BCUT2D eigenvalue weighted by atomic mass is 16.6. The average molecular weight is 431 g/mol. The first-order chi connectivity index (χ1) is 15.4. The first-order valence-electron chi connectivity index (χ1n) is 10.6. The number of amides is 2. The van der Waals surface area contributed by atoms with Crippen LogP contribution in [0, 0.1) is 18.3 Å². The summed E-state index contributed by atoms with van der Waals surface area (Å²) >= 11 is 0. The molecule has 32 heavy (non-hydrogen) atoms. The normalized spacial score (nSPS) is 18.7. The fourth-order valence-electron chi connectivity index (χ4n) is 4.19. The van der Waals surface area contributed by atoms with Gasteiger partial charge in [0.05, 0.1) is 6.54 Å². The summed E-state index contributed by atoms with van der Waals surface area (Å²) in [4.78, 5) is 37.3. The summed E-state index contributed by atoms with van der Waals surface area (Å²) in [7, 11) is 0. The third kappa shape index (κ3) is 4.39. The maximum Gasteiger partial charge on any atom is 0.418 e. The molecule has 0 unspecified atom stereocenters. The van der Waals surface area contributed by atoms with E-state index in [1.54, 1.807) is 13.1 Å². The highest BCUT2D eigenvalue weighted by Crippen LogP contribution is 2.35. The quantitative estimate of drug-likeness (QED) is 0.717. The molecule has 0 radical (unpaired) electrons. The molecule has 1 aromatic carbocycles. The number of carbonyl (C=O) groups excluding carboxylic acids is 2. The van der Waals surface area contributed by atoms with Crippen LogP contribution in [0.15, 0.2) is 42.1 Å². The number of hydrogen-bond donors (Lipinski definition) is 0. The Labute approximate surface area is 187 Å². The van der Waals surface area contributed by atoms with Gasteiger partial charge in [-0.3, -0.25) is 9.69 Å². The number of nitrogens with zero attached hydrogens (tertiary/aromatic N) is 5. The topological polar surface area (TPSA) is 99.4 Å². The zero-order valence-electron chi connectivity index (χ0n) is 18.2. The standard InChI is InChI=1S/C24H25N5O3/c1-17(12-20-14-26-21(13-25)27-18(20)2)15-29-22(30)24(32-23(29)31)8-10-28(11-9-24)16-19-6-4-3-5-7-19/h3-7,12,14H,8-11,15-16H2,1-2H3/b17-12+. The third-order valence-corrected chi connectivity index (χ3v) is 5.98. The molecule has 8 heteroatoms. The summed E-state index contributed by atoms with van der Waals surface area (Å²) in [5, 5.41) is 8.91. The van der Waals surface area contributed by atoms with E-state index in [0.717, 1.165) is 17.7 Å². The molecule has 8 nitrogen and oxygen atoms in total. The van der Waals surface area contributed by atoms with E-state index < -0.39 is 11.7 Å². The van der Waals surface area contributed by atoms with Gasteiger partial charge in [0, 0.05) is 49.9 Å². The third-order valence-electron chi connectivity index (χ3n) is 5.98. The first-order valence-corrected chi connectivity index (χ1v) is 10.6. The summed E-state index contributed by atoms with van der Waals surface area (Å²) in [5.74, 6) is -0.154. The van der Waals surface area contributed by atoms with Crippen molar-refractivity contribution in [2.45, 2.75) is 38.8 Å². The zero-order chi connectivity index (χ0) is 22.7. The van der Waals surface area contributed by atoms with E-state index in [9.17, 15) is 9.59 Å². The number of rotatable bonds is 5. The molecule has 0 aliphatic carbocycles. The van der Waals surface area contributed by atoms with E-state index in [2.05, 4.69) is 27.0 Å². The van der Waals surface area contributed by atoms with Crippen molar-refractivity contribution in [2.24, 2.45) is 0 Å². The van der Waals surface area contributed by atoms with Gasteiger partial charge in [-0.2, -0.15) is 5.26 Å². The molecular formula is C24H25N5O3. The minimum Gasteiger partial charge on any atom is -0.432 e. The second kappa shape index (κ2) is 8.89. The molecule has 1 aromatic heterocycles. The number of carbonyl (C=O) groups is 2. The molecule has 0 saturated carbocycles. The summed E-state index contributed by atoms with van der Waals surface area (Å²) in [6.07, 6.45) is 3.79. The highest BCUT2D eigenvalue weighted by Gasteiger charge is 2.54. The maximum absolute atomic E-state index is 13.2. The Kier molecular flexibility index (Phi) is 6.01. The molecule has 2 aromatic rings. The van der Waals surface area contributed by atoms with Crippen molar-refractivity contribution < 1.29 is 14.3 Å². The Balaban J connectivity index is 1.40. The molecular weight excluding hydrogens is 406 g/mol. The van der Waals surface area contributed by atoms with Crippen molar-refractivity contribution in [3.8, 4) is 6.07 Å². The van der Waals surface area contributed by atoms with Crippen molar-refractivity contribution in [1.29, 1.82) is 5.26 Å². The molecule has 164 valence electrons. The van der Waals surface area contributed by atoms with Crippen LogP contribution in [0.2, 0.25) is 0 Å². The minimum absolute atomic E-state index is 0.108. The molecule has 2 saturated heterocycles. The van der Waals surface area contributed by atoms with E-state index in [0.29, 0.717) is 31.6 Å². The molecule has 4 rings (SSSR count). The van der Waals surface area contributed by atoms with Gasteiger partial charge in [0.2, 0.25) is 5.82 Å². The lowest BCUT2D eigenvalue weighted by atomic mass is 9.90. The summed E-state index contributed by atoms with van der Waals surface area (Å²) < 4.78 is 5.64. The van der Waals surface area contributed by atoms with Gasteiger partial charge in [0.1, 0.15) is 6.07 Å². The van der Waals surface area contributed by atoms with Gasteiger partial charge in [0.15, 0.2) is 5.60 Å². The lowest BCUT2D eigenvalue weighted by molar-refractivity contribution is -0.140. The second-order valence-corrected chi connectivity index (χ2v) is 8.35. The summed E-state index contributed by atoms with van der Waals surface area (Å²) in [6, 6.07) is 12.1. The average Bonchev–Trinajstić information content (AvgIpc) is 3.01. The van der Waals surface area contributed by atoms with Crippen LogP contribution >= 0.6 is 0 Å². The Morgan fingerprint density at radius 3 is 2.62 bits per heavy atom. The summed E-state index contributed by atoms with van der Waals surface area (Å²) in [6.45, 7) is 5.97. The molecule has 2 aliphatic heterocycles. The Hall–Kier alpha value is -3.57. The molecule has 2 aliphatic rings. The molecule has 1 spiro atoms. The second-order valence-electron chi connectivity index (χ2n) is 8.35. The smallest absolute Gasteiger partial charge is 0.418 e. The number of benzene rings is 1. The van der Waals surface area contributed by atoms with Crippen LogP contribution < -0.4 is 0 Å². The number of aryl methyl sites for hydroxylation is 1. The number of imide groups is 1. The molecule has 0 bridgehead atoms. The number of piperidine rings is 1. The Morgan fingerprint density at radius 1 is 1.25 bits per heavy atom. The van der Waals surface area contributed by atoms with Gasteiger partial charge in [-0.15, -0.1) is 0 Å². The largest absolute Gasteiger partial charge is 0.432 e. The molecule has 0 atom stereocenters. The molecule has 2 fully saturated rings. The fraction of sp³-hybridized carbons (Fsp3) is 0.375. The minimum atomic E-state index is -1.06. The van der Waals surface area contributed by atoms with Crippen molar-refractivity contribution in [1.82, 2.24) is 19.8 Å². The monoisotopic (exact) mass is 431 g/mol. The van der Waals surface area contributed by atoms with E-state index in [1.165, 1.54) is 10.5 Å². The molecule has 2 amide bonds. The van der Waals surface area contributed by atoms with Crippen LogP contribution in [0.25, 0.3) is 6.08 Å². The van der Waals surface area contributed by atoms with E-state index in [1.807, 2.05) is 37.3 Å². The van der Waals surface area contributed by atoms with E-state index >= 15 is 0 Å². The van der Waals surface area contributed by atoms with Gasteiger partial charge in [0.25, 0.3) is 5.91 Å². The SMILES string of the molecule is C/C(=C\c1cnc(C#N)nc1C)CN1C(=O)OC2(CCN(Cc3ccccc3)CC2)C1=O. The highest BCUT2D eigenvalue weighted by molar-refractivity contribution is 6.03. The maximum atomic E-state index is 13.2. The number of likely N-dealkylation sites (tertiary alicyclic amines) is 1. The molecule has 0 N–H and O–H groups in total. The van der Waals surface area contributed by atoms with Crippen LogP contribution in [0.1, 0.15) is 42.4 Å².